The van der Waals surface area contributed by atoms with E-state index in [0.29, 0.717) is 32.6 Å². The lowest BCUT2D eigenvalue weighted by Gasteiger charge is -2.23. The molecule has 1 rings (SSSR count). The highest BCUT2D eigenvalue weighted by atomic mass is 32.2. The molecule has 0 N–H and O–H groups in total. The molecule has 0 aliphatic rings. The van der Waals surface area contributed by atoms with Crippen LogP contribution in [-0.2, 0) is 26.0 Å². The van der Waals surface area contributed by atoms with E-state index in [0.717, 1.165) is 5.56 Å². The Kier molecular flexibility index (Phi) is 9.61. The normalized spacial score (nSPS) is 11.5. The van der Waals surface area contributed by atoms with Crippen molar-refractivity contribution >= 4 is 21.8 Å². The van der Waals surface area contributed by atoms with Crippen LogP contribution in [0.3, 0.4) is 0 Å². The fourth-order valence-corrected chi connectivity index (χ4v) is 4.41. The average molecular weight is 412 g/mol. The summed E-state index contributed by atoms with van der Waals surface area (Å²) in [7, 11) is -1.84. The molecule has 0 bridgehead atoms. The number of aryl methyl sites for hydroxylation is 1. The molecule has 0 spiro atoms. The smallest absolute Gasteiger partial charge is 0.243 e. The Morgan fingerprint density at radius 2 is 1.39 bits per heavy atom. The Morgan fingerprint density at radius 1 is 0.857 bits per heavy atom. The second-order valence-electron chi connectivity index (χ2n) is 6.55. The SMILES string of the molecule is CCN(CC)C(=O)CN(C)C(=O)CCc1ccc(S(=O)(=O)N(CC)CC)cc1. The van der Waals surface area contributed by atoms with Crippen LogP contribution in [-0.4, -0.2) is 74.1 Å². The highest BCUT2D eigenvalue weighted by molar-refractivity contribution is 7.89. The van der Waals surface area contributed by atoms with Crippen molar-refractivity contribution in [2.75, 3.05) is 39.8 Å². The van der Waals surface area contributed by atoms with Gasteiger partial charge in [-0.1, -0.05) is 26.0 Å². The summed E-state index contributed by atoms with van der Waals surface area (Å²) in [6.45, 7) is 9.61. The van der Waals surface area contributed by atoms with Crippen LogP contribution in [0, 0.1) is 0 Å². The van der Waals surface area contributed by atoms with Gasteiger partial charge in [-0.2, -0.15) is 4.31 Å². The Morgan fingerprint density at radius 3 is 1.86 bits per heavy atom. The number of hydrogen-bond acceptors (Lipinski definition) is 4. The van der Waals surface area contributed by atoms with Gasteiger partial charge in [0.1, 0.15) is 0 Å². The number of sulfonamides is 1. The third kappa shape index (κ3) is 6.31. The van der Waals surface area contributed by atoms with Crippen LogP contribution in [0.15, 0.2) is 29.2 Å². The molecule has 0 atom stereocenters. The monoisotopic (exact) mass is 411 g/mol. The van der Waals surface area contributed by atoms with Crippen LogP contribution in [0.1, 0.15) is 39.7 Å². The molecule has 28 heavy (non-hydrogen) atoms. The zero-order valence-electron chi connectivity index (χ0n) is 17.6. The molecule has 7 nitrogen and oxygen atoms in total. The van der Waals surface area contributed by atoms with E-state index in [4.69, 9.17) is 0 Å². The van der Waals surface area contributed by atoms with E-state index >= 15 is 0 Å². The van der Waals surface area contributed by atoms with Crippen LogP contribution in [0.4, 0.5) is 0 Å². The summed E-state index contributed by atoms with van der Waals surface area (Å²) in [5, 5.41) is 0. The molecule has 0 aliphatic heterocycles. The predicted molar refractivity (Wildman–Crippen MR) is 110 cm³/mol. The average Bonchev–Trinajstić information content (AvgIpc) is 2.68. The van der Waals surface area contributed by atoms with Gasteiger partial charge in [0.25, 0.3) is 0 Å². The van der Waals surface area contributed by atoms with Crippen LogP contribution in [0.2, 0.25) is 0 Å². The molecule has 2 amide bonds. The van der Waals surface area contributed by atoms with Crippen molar-refractivity contribution in [1.29, 1.82) is 0 Å². The summed E-state index contributed by atoms with van der Waals surface area (Å²) in [4.78, 5) is 27.8. The Hall–Kier alpha value is -1.93. The first kappa shape index (κ1) is 24.1. The highest BCUT2D eigenvalue weighted by Crippen LogP contribution is 2.17. The second kappa shape index (κ2) is 11.2. The molecule has 0 radical (unpaired) electrons. The van der Waals surface area contributed by atoms with Crippen molar-refractivity contribution in [1.82, 2.24) is 14.1 Å². The Bertz CT molecular complexity index is 739. The van der Waals surface area contributed by atoms with Gasteiger partial charge in [0.2, 0.25) is 21.8 Å². The standard InChI is InChI=1S/C20H33N3O4S/c1-6-22(7-2)20(25)16-21(5)19(24)15-12-17-10-13-18(14-11-17)28(26,27)23(8-3)9-4/h10-11,13-14H,6-9,12,15-16H2,1-5H3. The van der Waals surface area contributed by atoms with E-state index in [1.807, 2.05) is 27.7 Å². The van der Waals surface area contributed by atoms with Gasteiger partial charge in [-0.25, -0.2) is 8.42 Å². The van der Waals surface area contributed by atoms with E-state index in [9.17, 15) is 18.0 Å². The number of carbonyl (C=O) groups is 2. The summed E-state index contributed by atoms with van der Waals surface area (Å²) < 4.78 is 26.4. The summed E-state index contributed by atoms with van der Waals surface area (Å²) in [6.07, 6.45) is 0.762. The van der Waals surface area contributed by atoms with E-state index in [-0.39, 0.29) is 29.7 Å². The fourth-order valence-electron chi connectivity index (χ4n) is 2.95. The molecule has 0 unspecified atom stereocenters. The number of benzene rings is 1. The summed E-state index contributed by atoms with van der Waals surface area (Å²) in [5.41, 5.74) is 0.885. The van der Waals surface area contributed by atoms with Gasteiger partial charge in [-0.15, -0.1) is 0 Å². The fraction of sp³-hybridized carbons (Fsp3) is 0.600. The number of nitrogens with zero attached hydrogens (tertiary/aromatic N) is 3. The van der Waals surface area contributed by atoms with Crippen LogP contribution in [0.25, 0.3) is 0 Å². The number of carbonyl (C=O) groups excluding carboxylic acids is 2. The molecular weight excluding hydrogens is 378 g/mol. The zero-order valence-corrected chi connectivity index (χ0v) is 18.5. The van der Waals surface area contributed by atoms with E-state index in [1.54, 1.807) is 36.2 Å². The third-order valence-electron chi connectivity index (χ3n) is 4.81. The van der Waals surface area contributed by atoms with Crippen LogP contribution in [0.5, 0.6) is 0 Å². The molecule has 0 fully saturated rings. The summed E-state index contributed by atoms with van der Waals surface area (Å²) in [6, 6.07) is 6.65. The first-order valence-electron chi connectivity index (χ1n) is 9.81. The molecule has 0 saturated carbocycles. The van der Waals surface area contributed by atoms with Crippen molar-refractivity contribution in [2.45, 2.75) is 45.4 Å². The maximum absolute atomic E-state index is 12.5. The third-order valence-corrected chi connectivity index (χ3v) is 6.87. The minimum absolute atomic E-state index is 0.0631. The van der Waals surface area contributed by atoms with Crippen molar-refractivity contribution < 1.29 is 18.0 Å². The van der Waals surface area contributed by atoms with Gasteiger partial charge in [-0.05, 0) is 38.0 Å². The van der Waals surface area contributed by atoms with Gasteiger partial charge in [0.15, 0.2) is 0 Å². The molecule has 158 valence electrons. The zero-order chi connectivity index (χ0) is 21.3. The van der Waals surface area contributed by atoms with Crippen molar-refractivity contribution in [2.24, 2.45) is 0 Å². The second-order valence-corrected chi connectivity index (χ2v) is 8.49. The van der Waals surface area contributed by atoms with E-state index in [1.165, 1.54) is 9.21 Å². The number of amides is 2. The lowest BCUT2D eigenvalue weighted by molar-refractivity contribution is -0.139. The minimum atomic E-state index is -3.47. The summed E-state index contributed by atoms with van der Waals surface area (Å²) in [5.74, 6) is -0.174. The largest absolute Gasteiger partial charge is 0.342 e. The van der Waals surface area contributed by atoms with Crippen LogP contribution >= 0.6 is 0 Å². The number of rotatable bonds is 11. The summed E-state index contributed by atoms with van der Waals surface area (Å²) >= 11 is 0. The van der Waals surface area contributed by atoms with Crippen LogP contribution < -0.4 is 0 Å². The first-order chi connectivity index (χ1) is 13.2. The Balaban J connectivity index is 2.66. The van der Waals surface area contributed by atoms with Gasteiger partial charge in [0.05, 0.1) is 11.4 Å². The lowest BCUT2D eigenvalue weighted by Crippen LogP contribution is -2.41. The minimum Gasteiger partial charge on any atom is -0.342 e. The van der Waals surface area contributed by atoms with E-state index < -0.39 is 10.0 Å². The predicted octanol–water partition coefficient (Wildman–Crippen LogP) is 1.98. The maximum atomic E-state index is 12.5. The van der Waals surface area contributed by atoms with Gasteiger partial charge in [-0.3, -0.25) is 9.59 Å². The van der Waals surface area contributed by atoms with Gasteiger partial charge < -0.3 is 9.80 Å². The maximum Gasteiger partial charge on any atom is 0.243 e. The number of hydrogen-bond donors (Lipinski definition) is 0. The topological polar surface area (TPSA) is 78.0 Å². The lowest BCUT2D eigenvalue weighted by atomic mass is 10.1. The molecule has 0 saturated heterocycles. The molecule has 1 aromatic carbocycles. The van der Waals surface area contributed by atoms with Gasteiger partial charge >= 0.3 is 0 Å². The highest BCUT2D eigenvalue weighted by Gasteiger charge is 2.21. The quantitative estimate of drug-likeness (QED) is 0.558. The number of likely N-dealkylation sites (N-methyl/N-ethyl adjacent to an activating group) is 2. The van der Waals surface area contributed by atoms with Crippen molar-refractivity contribution in [3.05, 3.63) is 29.8 Å². The molecule has 8 heteroatoms. The Labute approximate surface area is 169 Å². The molecule has 1 aromatic rings. The van der Waals surface area contributed by atoms with Gasteiger partial charge in [0, 0.05) is 39.6 Å². The molecule has 0 aromatic heterocycles. The van der Waals surface area contributed by atoms with E-state index in [2.05, 4.69) is 0 Å². The van der Waals surface area contributed by atoms with Crippen molar-refractivity contribution in [3.63, 3.8) is 0 Å². The molecule has 0 aliphatic carbocycles. The molecule has 0 heterocycles. The van der Waals surface area contributed by atoms with Crippen molar-refractivity contribution in [3.8, 4) is 0 Å². The first-order valence-corrected chi connectivity index (χ1v) is 11.3. The molecular formula is C20H33N3O4S.